The van der Waals surface area contributed by atoms with E-state index >= 15 is 0 Å². The molecule has 1 aliphatic heterocycles. The normalized spacial score (nSPS) is 16.5. The largest absolute Gasteiger partial charge is 0.493 e. The first-order valence-electron chi connectivity index (χ1n) is 10.6. The van der Waals surface area contributed by atoms with Crippen molar-refractivity contribution >= 4 is 5.78 Å². The van der Waals surface area contributed by atoms with Crippen LogP contribution in [0, 0.1) is 0 Å². The lowest BCUT2D eigenvalue weighted by molar-refractivity contribution is 0.0397. The van der Waals surface area contributed by atoms with Gasteiger partial charge in [0.1, 0.15) is 28.9 Å². The topological polar surface area (TPSA) is 113 Å². The molecule has 0 amide bonds. The van der Waals surface area contributed by atoms with Crippen molar-refractivity contribution in [1.82, 2.24) is 0 Å². The van der Waals surface area contributed by atoms with Crippen LogP contribution >= 0.6 is 0 Å². The highest BCUT2D eigenvalue weighted by Crippen LogP contribution is 2.46. The Kier molecular flexibility index (Phi) is 9.94. The van der Waals surface area contributed by atoms with Crippen LogP contribution in [0.2, 0.25) is 0 Å². The van der Waals surface area contributed by atoms with Gasteiger partial charge in [-0.25, -0.2) is 0 Å². The van der Waals surface area contributed by atoms with E-state index in [2.05, 4.69) is 0 Å². The first kappa shape index (κ1) is 26.5. The number of epoxide rings is 1. The maximum atomic E-state index is 13.6. The number of ketones is 1. The molecular weight excluding hydrogens is 464 g/mol. The molecule has 1 aliphatic rings. The summed E-state index contributed by atoms with van der Waals surface area (Å²) >= 11 is 0. The second kappa shape index (κ2) is 13.1. The molecule has 2 aromatic rings. The fourth-order valence-corrected chi connectivity index (χ4v) is 3.30. The first-order chi connectivity index (χ1) is 17.1. The quantitative estimate of drug-likeness (QED) is 0.195. The van der Waals surface area contributed by atoms with E-state index in [0.717, 1.165) is 5.56 Å². The van der Waals surface area contributed by atoms with Gasteiger partial charge in [0.2, 0.25) is 5.78 Å². The molecule has 11 nitrogen and oxygen atoms in total. The van der Waals surface area contributed by atoms with Gasteiger partial charge in [-0.05, 0) is 17.7 Å². The van der Waals surface area contributed by atoms with E-state index in [-0.39, 0.29) is 50.0 Å². The molecule has 2 atom stereocenters. The number of hydrogen-bond acceptors (Lipinski definition) is 11. The summed E-state index contributed by atoms with van der Waals surface area (Å²) in [7, 11) is 7.51. The Morgan fingerprint density at radius 1 is 0.714 bits per heavy atom. The molecule has 0 aliphatic carbocycles. The smallest absolute Gasteiger partial charge is 0.202 e. The number of carbonyl (C=O) groups excluding carboxylic acids is 1. The van der Waals surface area contributed by atoms with Crippen molar-refractivity contribution < 1.29 is 52.2 Å². The van der Waals surface area contributed by atoms with Crippen molar-refractivity contribution in [3.8, 4) is 28.7 Å². The van der Waals surface area contributed by atoms with Crippen LogP contribution in [0.3, 0.4) is 0 Å². The zero-order valence-electron chi connectivity index (χ0n) is 20.4. The second-order valence-corrected chi connectivity index (χ2v) is 7.25. The Morgan fingerprint density at radius 2 is 1.26 bits per heavy atom. The third kappa shape index (κ3) is 6.74. The monoisotopic (exact) mass is 494 g/mol. The fraction of sp³-hybridized carbons (Fsp3) is 0.458. The van der Waals surface area contributed by atoms with Gasteiger partial charge in [0.25, 0.3) is 0 Å². The molecule has 2 aromatic carbocycles. The molecule has 0 saturated carbocycles. The zero-order valence-corrected chi connectivity index (χ0v) is 20.4. The van der Waals surface area contributed by atoms with Crippen LogP contribution in [-0.4, -0.2) is 74.6 Å². The molecule has 0 N–H and O–H groups in total. The number of ether oxygens (including phenoxy) is 10. The van der Waals surface area contributed by atoms with Crippen LogP contribution in [0.25, 0.3) is 0 Å². The lowest BCUT2D eigenvalue weighted by Gasteiger charge is -2.17. The van der Waals surface area contributed by atoms with E-state index in [4.69, 9.17) is 47.4 Å². The second-order valence-electron chi connectivity index (χ2n) is 7.25. The Morgan fingerprint density at radius 3 is 1.80 bits per heavy atom. The summed E-state index contributed by atoms with van der Waals surface area (Å²) in [4.78, 5) is 13.6. The van der Waals surface area contributed by atoms with Crippen LogP contribution < -0.4 is 23.7 Å². The number of carbonyl (C=O) groups is 1. The molecule has 1 fully saturated rings. The molecule has 1 heterocycles. The van der Waals surface area contributed by atoms with Gasteiger partial charge in [0, 0.05) is 40.6 Å². The number of methoxy groups -OCH3 is 5. The van der Waals surface area contributed by atoms with Crippen molar-refractivity contribution in [2.24, 2.45) is 0 Å². The highest BCUT2D eigenvalue weighted by molar-refractivity contribution is 6.06. The predicted octanol–water partition coefficient (Wildman–Crippen LogP) is 2.95. The zero-order chi connectivity index (χ0) is 25.2. The van der Waals surface area contributed by atoms with Gasteiger partial charge in [0.05, 0.1) is 7.11 Å². The van der Waals surface area contributed by atoms with Crippen molar-refractivity contribution in [1.29, 1.82) is 0 Å². The van der Waals surface area contributed by atoms with E-state index in [1.807, 2.05) is 6.07 Å². The molecule has 0 spiro atoms. The lowest BCUT2D eigenvalue weighted by atomic mass is 10.0. The van der Waals surface area contributed by atoms with E-state index < -0.39 is 12.2 Å². The van der Waals surface area contributed by atoms with E-state index in [1.54, 1.807) is 24.3 Å². The molecule has 0 aromatic heterocycles. The van der Waals surface area contributed by atoms with Crippen LogP contribution in [0.5, 0.6) is 28.7 Å². The van der Waals surface area contributed by atoms with Crippen molar-refractivity contribution in [2.45, 2.75) is 12.2 Å². The summed E-state index contributed by atoms with van der Waals surface area (Å²) in [6.45, 7) is -0.137. The van der Waals surface area contributed by atoms with Gasteiger partial charge in [-0.15, -0.1) is 0 Å². The van der Waals surface area contributed by atoms with E-state index in [1.165, 1.54) is 35.5 Å². The minimum Gasteiger partial charge on any atom is -0.493 e. The Bertz CT molecular complexity index is 949. The van der Waals surface area contributed by atoms with Crippen LogP contribution in [0.1, 0.15) is 22.0 Å². The molecule has 192 valence electrons. The van der Waals surface area contributed by atoms with Crippen molar-refractivity contribution in [2.75, 3.05) is 62.7 Å². The van der Waals surface area contributed by atoms with Gasteiger partial charge in [-0.2, -0.15) is 0 Å². The number of hydrogen-bond donors (Lipinski definition) is 0. The lowest BCUT2D eigenvalue weighted by Crippen LogP contribution is -2.15. The van der Waals surface area contributed by atoms with Crippen LogP contribution in [-0.2, 0) is 23.7 Å². The minimum atomic E-state index is -0.765. The summed E-state index contributed by atoms with van der Waals surface area (Å²) in [5, 5.41) is 0. The Balaban J connectivity index is 1.90. The van der Waals surface area contributed by atoms with E-state index in [9.17, 15) is 4.79 Å². The summed E-state index contributed by atoms with van der Waals surface area (Å²) in [5.74, 6) is 1.48. The van der Waals surface area contributed by atoms with Crippen LogP contribution in [0.15, 0.2) is 30.3 Å². The van der Waals surface area contributed by atoms with Gasteiger partial charge < -0.3 is 47.4 Å². The van der Waals surface area contributed by atoms with Gasteiger partial charge in [-0.3, -0.25) is 4.79 Å². The van der Waals surface area contributed by atoms with Crippen LogP contribution in [0.4, 0.5) is 0 Å². The third-order valence-corrected chi connectivity index (χ3v) is 4.89. The molecule has 0 unspecified atom stereocenters. The predicted molar refractivity (Wildman–Crippen MR) is 121 cm³/mol. The maximum Gasteiger partial charge on any atom is 0.202 e. The summed E-state index contributed by atoms with van der Waals surface area (Å²) in [6, 6.07) is 8.43. The summed E-state index contributed by atoms with van der Waals surface area (Å²) in [5.41, 5.74) is 0.926. The highest BCUT2D eigenvalue weighted by Gasteiger charge is 2.48. The van der Waals surface area contributed by atoms with Crippen molar-refractivity contribution in [3.05, 3.63) is 41.5 Å². The standard InChI is InChI=1S/C24H30O11/c1-26-11-31-16-9-19(33-13-28-3)21(20(10-16)34-14-29-4)22(25)24-23(35-24)15-6-7-17(30-5)18(8-15)32-12-27-2/h6-10,23-24H,11-14H2,1-5H3/t23-,24-/m1/s1. The van der Waals surface area contributed by atoms with Gasteiger partial charge in [-0.1, -0.05) is 6.07 Å². The Hall–Kier alpha value is -3.09. The summed E-state index contributed by atoms with van der Waals surface area (Å²) in [6.07, 6.45) is -1.26. The summed E-state index contributed by atoms with van der Waals surface area (Å²) < 4.78 is 53.5. The van der Waals surface area contributed by atoms with Gasteiger partial charge in [0.15, 0.2) is 44.8 Å². The highest BCUT2D eigenvalue weighted by atomic mass is 16.7. The SMILES string of the molecule is COCOc1cc(OCOC)c(C(=O)[C@H]2O[C@@H]2c2ccc(OC)c(OCOC)c2)c(OCOC)c1. The average molecular weight is 494 g/mol. The number of rotatable bonds is 16. The molecule has 1 saturated heterocycles. The van der Waals surface area contributed by atoms with Crippen molar-refractivity contribution in [3.63, 3.8) is 0 Å². The Labute approximate surface area is 203 Å². The maximum absolute atomic E-state index is 13.6. The molecule has 0 bridgehead atoms. The average Bonchev–Trinajstić information content (AvgIpc) is 3.68. The molecule has 11 heteroatoms. The molecule has 0 radical (unpaired) electrons. The minimum absolute atomic E-state index is 0.000512. The number of benzene rings is 2. The molecule has 3 rings (SSSR count). The number of Topliss-reactive ketones (excluding diaryl/α,β-unsaturated/α-hetero) is 1. The molecular formula is C24H30O11. The van der Waals surface area contributed by atoms with E-state index in [0.29, 0.717) is 17.2 Å². The first-order valence-corrected chi connectivity index (χ1v) is 10.6. The van der Waals surface area contributed by atoms with Gasteiger partial charge >= 0.3 is 0 Å². The fourth-order valence-electron chi connectivity index (χ4n) is 3.30. The third-order valence-electron chi connectivity index (χ3n) is 4.89. The molecule has 35 heavy (non-hydrogen) atoms.